The highest BCUT2D eigenvalue weighted by atomic mass is 16.5. The summed E-state index contributed by atoms with van der Waals surface area (Å²) < 4.78 is 5.19. The van der Waals surface area contributed by atoms with E-state index in [1.807, 2.05) is 24.3 Å². The van der Waals surface area contributed by atoms with Crippen LogP contribution >= 0.6 is 0 Å². The van der Waals surface area contributed by atoms with Crippen molar-refractivity contribution >= 4 is 17.5 Å². The number of ether oxygens (including phenoxy) is 1. The third kappa shape index (κ3) is 5.13. The van der Waals surface area contributed by atoms with Crippen LogP contribution in [0.3, 0.4) is 0 Å². The summed E-state index contributed by atoms with van der Waals surface area (Å²) in [6.45, 7) is 4.75. The van der Waals surface area contributed by atoms with E-state index in [2.05, 4.69) is 41.6 Å². The van der Waals surface area contributed by atoms with Crippen LogP contribution in [0.4, 0.5) is 5.69 Å². The fourth-order valence-electron chi connectivity index (χ4n) is 4.97. The van der Waals surface area contributed by atoms with Crippen LogP contribution in [0.1, 0.15) is 53.7 Å². The van der Waals surface area contributed by atoms with Gasteiger partial charge in [-0.2, -0.15) is 0 Å². The number of amides is 2. The number of nitrogens with zero attached hydrogens (tertiary/aromatic N) is 1. The highest BCUT2D eigenvalue weighted by Gasteiger charge is 2.30. The average Bonchev–Trinajstić information content (AvgIpc) is 3.08. The predicted molar refractivity (Wildman–Crippen MR) is 126 cm³/mol. The molecule has 1 saturated heterocycles. The van der Waals surface area contributed by atoms with Gasteiger partial charge in [-0.3, -0.25) is 9.59 Å². The average molecular weight is 436 g/mol. The van der Waals surface area contributed by atoms with E-state index in [0.29, 0.717) is 11.3 Å². The summed E-state index contributed by atoms with van der Waals surface area (Å²) in [5, 5.41) is 5.85. The van der Waals surface area contributed by atoms with Gasteiger partial charge in [0.2, 0.25) is 5.91 Å². The molecule has 2 aromatic carbocycles. The summed E-state index contributed by atoms with van der Waals surface area (Å²) in [6, 6.07) is 13.2. The van der Waals surface area contributed by atoms with Gasteiger partial charge in [0, 0.05) is 17.8 Å². The zero-order valence-corrected chi connectivity index (χ0v) is 19.2. The first kappa shape index (κ1) is 22.3. The number of anilines is 1. The summed E-state index contributed by atoms with van der Waals surface area (Å²) in [6.07, 6.45) is 3.76. The Kier molecular flexibility index (Phi) is 6.80. The van der Waals surface area contributed by atoms with Crippen LogP contribution in [0.2, 0.25) is 0 Å². The maximum atomic E-state index is 12.6. The number of carbonyl (C=O) groups excluding carboxylic acids is 2. The standard InChI is InChI=1S/C26H33N3O3/c1-17-16-29(2)13-12-19(17)7-4-18-5-8-20(9-6-18)27-25(30)15-24-22-11-10-21(32-3)14-23(22)26(31)28-24/h5-6,8-11,14,17,19,24H,4,7,12-13,15-16H2,1-3H3,(H,27,30)(H,28,31). The van der Waals surface area contributed by atoms with E-state index in [9.17, 15) is 9.59 Å². The Bertz CT molecular complexity index is 973. The Labute approximate surface area is 190 Å². The molecule has 0 aliphatic carbocycles. The lowest BCUT2D eigenvalue weighted by Crippen LogP contribution is -2.36. The van der Waals surface area contributed by atoms with Gasteiger partial charge in [0.05, 0.1) is 19.6 Å². The van der Waals surface area contributed by atoms with Gasteiger partial charge in [-0.1, -0.05) is 25.1 Å². The van der Waals surface area contributed by atoms with Crippen molar-refractivity contribution in [3.63, 3.8) is 0 Å². The van der Waals surface area contributed by atoms with Crippen molar-refractivity contribution in [1.82, 2.24) is 10.2 Å². The fraction of sp³-hybridized carbons (Fsp3) is 0.462. The predicted octanol–water partition coefficient (Wildman–Crippen LogP) is 4.03. The van der Waals surface area contributed by atoms with E-state index < -0.39 is 0 Å². The smallest absolute Gasteiger partial charge is 0.252 e. The van der Waals surface area contributed by atoms with E-state index in [-0.39, 0.29) is 24.3 Å². The topological polar surface area (TPSA) is 70.7 Å². The zero-order chi connectivity index (χ0) is 22.7. The third-order valence-corrected chi connectivity index (χ3v) is 6.90. The second-order valence-electron chi connectivity index (χ2n) is 9.26. The number of nitrogens with one attached hydrogen (secondary N) is 2. The Morgan fingerprint density at radius 3 is 2.72 bits per heavy atom. The molecule has 2 aliphatic heterocycles. The van der Waals surface area contributed by atoms with Gasteiger partial charge in [-0.05, 0) is 80.1 Å². The molecule has 2 N–H and O–H groups in total. The molecule has 0 spiro atoms. The molecule has 6 heteroatoms. The zero-order valence-electron chi connectivity index (χ0n) is 19.2. The summed E-state index contributed by atoms with van der Waals surface area (Å²) in [4.78, 5) is 27.3. The van der Waals surface area contributed by atoms with Crippen LogP contribution < -0.4 is 15.4 Å². The minimum atomic E-state index is -0.320. The molecule has 0 aromatic heterocycles. The second-order valence-corrected chi connectivity index (χ2v) is 9.26. The van der Waals surface area contributed by atoms with Crippen molar-refractivity contribution in [2.75, 3.05) is 32.6 Å². The van der Waals surface area contributed by atoms with E-state index in [4.69, 9.17) is 4.74 Å². The molecular weight excluding hydrogens is 402 g/mol. The fourth-order valence-corrected chi connectivity index (χ4v) is 4.97. The van der Waals surface area contributed by atoms with Gasteiger partial charge in [0.25, 0.3) is 5.91 Å². The Morgan fingerprint density at radius 1 is 1.22 bits per heavy atom. The number of likely N-dealkylation sites (tertiary alicyclic amines) is 1. The Hall–Kier alpha value is -2.86. The number of methoxy groups -OCH3 is 1. The first-order chi connectivity index (χ1) is 15.4. The first-order valence-electron chi connectivity index (χ1n) is 11.5. The molecule has 3 atom stereocenters. The van der Waals surface area contributed by atoms with Gasteiger partial charge >= 0.3 is 0 Å². The SMILES string of the molecule is COc1ccc2c(c1)C(=O)NC2CC(=O)Nc1ccc(CCC2CCN(C)CC2C)cc1. The van der Waals surface area contributed by atoms with Gasteiger partial charge in [-0.15, -0.1) is 0 Å². The van der Waals surface area contributed by atoms with E-state index in [0.717, 1.165) is 29.5 Å². The minimum Gasteiger partial charge on any atom is -0.497 e. The number of aryl methyl sites for hydroxylation is 1. The summed E-state index contributed by atoms with van der Waals surface area (Å²) in [7, 11) is 3.77. The van der Waals surface area contributed by atoms with Crippen LogP contribution in [-0.2, 0) is 11.2 Å². The van der Waals surface area contributed by atoms with Crippen LogP contribution in [-0.4, -0.2) is 44.0 Å². The van der Waals surface area contributed by atoms with Crippen LogP contribution in [0.15, 0.2) is 42.5 Å². The normalized spacial score (nSPS) is 22.8. The van der Waals surface area contributed by atoms with E-state index >= 15 is 0 Å². The maximum absolute atomic E-state index is 12.6. The van der Waals surface area contributed by atoms with Gasteiger partial charge in [0.15, 0.2) is 0 Å². The number of hydrogen-bond acceptors (Lipinski definition) is 4. The van der Waals surface area contributed by atoms with Crippen molar-refractivity contribution in [3.8, 4) is 5.75 Å². The Balaban J connectivity index is 1.29. The molecule has 2 aromatic rings. The molecule has 0 saturated carbocycles. The van der Waals surface area contributed by atoms with Crippen molar-refractivity contribution in [1.29, 1.82) is 0 Å². The quantitative estimate of drug-likeness (QED) is 0.689. The minimum absolute atomic E-state index is 0.119. The molecule has 4 rings (SSSR count). The van der Waals surface area contributed by atoms with Crippen molar-refractivity contribution in [2.24, 2.45) is 11.8 Å². The molecule has 6 nitrogen and oxygen atoms in total. The van der Waals surface area contributed by atoms with Crippen LogP contribution in [0, 0.1) is 11.8 Å². The molecule has 170 valence electrons. The Morgan fingerprint density at radius 2 is 2.00 bits per heavy atom. The molecule has 3 unspecified atom stereocenters. The lowest BCUT2D eigenvalue weighted by atomic mass is 9.83. The summed E-state index contributed by atoms with van der Waals surface area (Å²) in [5.41, 5.74) is 3.50. The number of hydrogen-bond donors (Lipinski definition) is 2. The first-order valence-corrected chi connectivity index (χ1v) is 11.5. The highest BCUT2D eigenvalue weighted by molar-refractivity contribution is 6.01. The van der Waals surface area contributed by atoms with Gasteiger partial charge in [0.1, 0.15) is 5.75 Å². The molecule has 1 fully saturated rings. The number of fused-ring (bicyclic) bond motifs is 1. The molecule has 0 radical (unpaired) electrons. The summed E-state index contributed by atoms with van der Waals surface area (Å²) >= 11 is 0. The van der Waals surface area contributed by atoms with E-state index in [1.54, 1.807) is 13.2 Å². The number of benzene rings is 2. The summed E-state index contributed by atoms with van der Waals surface area (Å²) in [5.74, 6) is 1.88. The molecule has 2 heterocycles. The lowest BCUT2D eigenvalue weighted by molar-refractivity contribution is -0.116. The van der Waals surface area contributed by atoms with Gasteiger partial charge in [-0.25, -0.2) is 0 Å². The monoisotopic (exact) mass is 435 g/mol. The molecule has 32 heavy (non-hydrogen) atoms. The lowest BCUT2D eigenvalue weighted by Gasteiger charge is -2.34. The molecule has 2 amide bonds. The molecule has 2 aliphatic rings. The number of rotatable bonds is 7. The molecule has 0 bridgehead atoms. The third-order valence-electron chi connectivity index (χ3n) is 6.90. The van der Waals surface area contributed by atoms with E-state index in [1.165, 1.54) is 31.5 Å². The number of carbonyl (C=O) groups is 2. The van der Waals surface area contributed by atoms with Crippen LogP contribution in [0.25, 0.3) is 0 Å². The van der Waals surface area contributed by atoms with Crippen molar-refractivity contribution in [3.05, 3.63) is 59.2 Å². The van der Waals surface area contributed by atoms with Gasteiger partial charge < -0.3 is 20.3 Å². The van der Waals surface area contributed by atoms with Crippen molar-refractivity contribution < 1.29 is 14.3 Å². The highest BCUT2D eigenvalue weighted by Crippen LogP contribution is 2.31. The second kappa shape index (κ2) is 9.74. The molecular formula is C26H33N3O3. The van der Waals surface area contributed by atoms with Crippen LogP contribution in [0.5, 0.6) is 5.75 Å². The maximum Gasteiger partial charge on any atom is 0.252 e. The largest absolute Gasteiger partial charge is 0.497 e. The van der Waals surface area contributed by atoms with Crippen molar-refractivity contribution in [2.45, 2.75) is 38.6 Å². The number of piperidine rings is 1.